The Morgan fingerprint density at radius 3 is 2.79 bits per heavy atom. The zero-order valence-corrected chi connectivity index (χ0v) is 10.9. The molecule has 19 heavy (non-hydrogen) atoms. The lowest BCUT2D eigenvalue weighted by Gasteiger charge is -2.37. The van der Waals surface area contributed by atoms with Gasteiger partial charge in [0.2, 0.25) is 5.91 Å². The van der Waals surface area contributed by atoms with Crippen molar-refractivity contribution in [3.05, 3.63) is 0 Å². The van der Waals surface area contributed by atoms with Crippen LogP contribution in [0.15, 0.2) is 0 Å². The molecule has 1 amide bonds. The molecule has 0 aromatic heterocycles. The summed E-state index contributed by atoms with van der Waals surface area (Å²) < 4.78 is 42.8. The Balaban J connectivity index is 2.45. The van der Waals surface area contributed by atoms with Crippen LogP contribution >= 0.6 is 0 Å². The first kappa shape index (κ1) is 16.2. The van der Waals surface area contributed by atoms with E-state index in [0.717, 1.165) is 0 Å². The minimum atomic E-state index is -4.29. The quantitative estimate of drug-likeness (QED) is 0.806. The van der Waals surface area contributed by atoms with Crippen LogP contribution in [-0.4, -0.2) is 42.5 Å². The molecule has 0 spiro atoms. The molecule has 1 fully saturated rings. The lowest BCUT2D eigenvalue weighted by Crippen LogP contribution is -2.48. The van der Waals surface area contributed by atoms with Crippen LogP contribution in [0.25, 0.3) is 0 Å². The minimum absolute atomic E-state index is 0.0404. The van der Waals surface area contributed by atoms with Crippen molar-refractivity contribution in [1.82, 2.24) is 5.32 Å². The van der Waals surface area contributed by atoms with E-state index in [-0.39, 0.29) is 32.4 Å². The molecule has 0 aliphatic heterocycles. The van der Waals surface area contributed by atoms with Crippen LogP contribution in [0, 0.1) is 5.92 Å². The zero-order chi connectivity index (χ0) is 14.5. The van der Waals surface area contributed by atoms with Crippen molar-refractivity contribution in [2.24, 2.45) is 5.92 Å². The molecule has 0 heterocycles. The Morgan fingerprint density at radius 2 is 2.21 bits per heavy atom. The number of aliphatic hydroxyl groups is 1. The van der Waals surface area contributed by atoms with E-state index < -0.39 is 23.6 Å². The molecule has 0 radical (unpaired) electrons. The molecule has 0 bridgehead atoms. The summed E-state index contributed by atoms with van der Waals surface area (Å²) >= 11 is 0. The van der Waals surface area contributed by atoms with Gasteiger partial charge in [-0.1, -0.05) is 0 Å². The lowest BCUT2D eigenvalue weighted by atomic mass is 9.77. The van der Waals surface area contributed by atoms with E-state index in [9.17, 15) is 23.1 Å². The third-order valence-corrected chi connectivity index (χ3v) is 3.34. The second kappa shape index (κ2) is 6.56. The fourth-order valence-electron chi connectivity index (χ4n) is 2.29. The van der Waals surface area contributed by atoms with Crippen LogP contribution < -0.4 is 5.32 Å². The summed E-state index contributed by atoms with van der Waals surface area (Å²) in [5.74, 6) is -1.92. The molecule has 0 aromatic carbocycles. The molecular weight excluding hydrogens is 263 g/mol. The summed E-state index contributed by atoms with van der Waals surface area (Å²) in [4.78, 5) is 11.3. The predicted molar refractivity (Wildman–Crippen MR) is 62.5 cm³/mol. The van der Waals surface area contributed by atoms with E-state index in [1.54, 1.807) is 6.92 Å². The van der Waals surface area contributed by atoms with Gasteiger partial charge in [-0.25, -0.2) is 0 Å². The van der Waals surface area contributed by atoms with Gasteiger partial charge in [-0.3, -0.25) is 4.79 Å². The van der Waals surface area contributed by atoms with Gasteiger partial charge in [-0.05, 0) is 32.6 Å². The molecule has 7 heteroatoms. The van der Waals surface area contributed by atoms with Crippen molar-refractivity contribution in [2.45, 2.75) is 44.4 Å². The first-order valence-corrected chi connectivity index (χ1v) is 6.40. The molecule has 2 atom stereocenters. The number of alkyl halides is 3. The maximum atomic E-state index is 12.6. The number of hydrogen-bond acceptors (Lipinski definition) is 3. The van der Waals surface area contributed by atoms with Gasteiger partial charge >= 0.3 is 6.18 Å². The number of carbonyl (C=O) groups is 1. The van der Waals surface area contributed by atoms with Crippen molar-refractivity contribution in [2.75, 3.05) is 19.8 Å². The van der Waals surface area contributed by atoms with E-state index in [2.05, 4.69) is 5.32 Å². The SMILES string of the molecule is CCOCC(=O)NC[C@@]1(O)CCC[C@@H](C(F)(F)F)C1. The van der Waals surface area contributed by atoms with Crippen LogP contribution in [0.1, 0.15) is 32.6 Å². The summed E-state index contributed by atoms with van der Waals surface area (Å²) in [5, 5.41) is 12.5. The van der Waals surface area contributed by atoms with Gasteiger partial charge in [0, 0.05) is 13.2 Å². The highest BCUT2D eigenvalue weighted by Crippen LogP contribution is 2.41. The average molecular weight is 283 g/mol. The Labute approximate surface area is 110 Å². The molecule has 0 unspecified atom stereocenters. The Bertz CT molecular complexity index is 309. The molecule has 1 rings (SSSR count). The monoisotopic (exact) mass is 283 g/mol. The van der Waals surface area contributed by atoms with Gasteiger partial charge in [-0.2, -0.15) is 13.2 Å². The molecule has 2 N–H and O–H groups in total. The summed E-state index contributed by atoms with van der Waals surface area (Å²) in [5.41, 5.74) is -1.47. The van der Waals surface area contributed by atoms with Gasteiger partial charge in [0.15, 0.2) is 0 Å². The highest BCUT2D eigenvalue weighted by atomic mass is 19.4. The second-order valence-corrected chi connectivity index (χ2v) is 4.97. The molecule has 112 valence electrons. The molecule has 0 aromatic rings. The number of amides is 1. The maximum absolute atomic E-state index is 12.6. The Hall–Kier alpha value is -0.820. The third-order valence-electron chi connectivity index (χ3n) is 3.34. The maximum Gasteiger partial charge on any atom is 0.391 e. The number of nitrogens with one attached hydrogen (secondary N) is 1. The normalized spacial score (nSPS) is 28.2. The summed E-state index contributed by atoms with van der Waals surface area (Å²) in [6.07, 6.45) is -4.02. The minimum Gasteiger partial charge on any atom is -0.388 e. The van der Waals surface area contributed by atoms with Crippen molar-refractivity contribution in [1.29, 1.82) is 0 Å². The Morgan fingerprint density at radius 1 is 1.53 bits per heavy atom. The van der Waals surface area contributed by atoms with Crippen molar-refractivity contribution >= 4 is 5.91 Å². The highest BCUT2D eigenvalue weighted by Gasteiger charge is 2.46. The van der Waals surface area contributed by atoms with Crippen molar-refractivity contribution in [3.8, 4) is 0 Å². The number of carbonyl (C=O) groups excluding carboxylic acids is 1. The van der Waals surface area contributed by atoms with Crippen LogP contribution in [0.5, 0.6) is 0 Å². The zero-order valence-electron chi connectivity index (χ0n) is 10.9. The number of halogens is 3. The molecular formula is C12H20F3NO3. The van der Waals surface area contributed by atoms with Crippen molar-refractivity contribution < 1.29 is 27.8 Å². The smallest absolute Gasteiger partial charge is 0.388 e. The molecule has 1 saturated carbocycles. The van der Waals surface area contributed by atoms with Gasteiger partial charge in [0.05, 0.1) is 11.5 Å². The van der Waals surface area contributed by atoms with E-state index in [1.807, 2.05) is 0 Å². The largest absolute Gasteiger partial charge is 0.391 e. The average Bonchev–Trinajstić information content (AvgIpc) is 2.33. The van der Waals surface area contributed by atoms with Crippen LogP contribution in [0.3, 0.4) is 0 Å². The lowest BCUT2D eigenvalue weighted by molar-refractivity contribution is -0.200. The third kappa shape index (κ3) is 5.36. The number of rotatable bonds is 5. The van der Waals surface area contributed by atoms with Gasteiger partial charge in [0.25, 0.3) is 0 Å². The molecule has 4 nitrogen and oxygen atoms in total. The predicted octanol–water partition coefficient (Wildman–Crippen LogP) is 1.62. The van der Waals surface area contributed by atoms with Crippen LogP contribution in [-0.2, 0) is 9.53 Å². The molecule has 0 saturated heterocycles. The molecule has 1 aliphatic rings. The molecule has 1 aliphatic carbocycles. The van der Waals surface area contributed by atoms with E-state index >= 15 is 0 Å². The fourth-order valence-corrected chi connectivity index (χ4v) is 2.29. The van der Waals surface area contributed by atoms with Crippen LogP contribution in [0.2, 0.25) is 0 Å². The number of hydrogen-bond donors (Lipinski definition) is 2. The first-order chi connectivity index (χ1) is 8.77. The van der Waals surface area contributed by atoms with E-state index in [4.69, 9.17) is 4.74 Å². The topological polar surface area (TPSA) is 58.6 Å². The summed E-state index contributed by atoms with van der Waals surface area (Å²) in [6, 6.07) is 0. The van der Waals surface area contributed by atoms with Crippen molar-refractivity contribution in [3.63, 3.8) is 0 Å². The summed E-state index contributed by atoms with van der Waals surface area (Å²) in [6.45, 7) is 1.81. The van der Waals surface area contributed by atoms with E-state index in [1.165, 1.54) is 0 Å². The van der Waals surface area contributed by atoms with Gasteiger partial charge in [-0.15, -0.1) is 0 Å². The van der Waals surface area contributed by atoms with Gasteiger partial charge < -0.3 is 15.2 Å². The highest BCUT2D eigenvalue weighted by molar-refractivity contribution is 5.77. The first-order valence-electron chi connectivity index (χ1n) is 6.40. The fraction of sp³-hybridized carbons (Fsp3) is 0.917. The second-order valence-electron chi connectivity index (χ2n) is 4.97. The standard InChI is InChI=1S/C12H20F3NO3/c1-2-19-7-10(17)16-8-11(18)5-3-4-9(6-11)12(13,14)15/h9,18H,2-8H2,1H3,(H,16,17)/t9-,11-/m1/s1. The number of ether oxygens (including phenoxy) is 1. The summed E-state index contributed by atoms with van der Waals surface area (Å²) in [7, 11) is 0. The van der Waals surface area contributed by atoms with Crippen LogP contribution in [0.4, 0.5) is 13.2 Å². The van der Waals surface area contributed by atoms with E-state index in [0.29, 0.717) is 13.0 Å². The van der Waals surface area contributed by atoms with Gasteiger partial charge in [0.1, 0.15) is 6.61 Å². The Kier molecular flexibility index (Phi) is 5.61.